The van der Waals surface area contributed by atoms with Crippen LogP contribution in [0.3, 0.4) is 0 Å². The van der Waals surface area contributed by atoms with Crippen molar-refractivity contribution in [3.8, 4) is 6.07 Å². The largest absolute Gasteiger partial charge is 0.192 e. The Balaban J connectivity index is 2.46. The summed E-state index contributed by atoms with van der Waals surface area (Å²) in [6.45, 7) is 0. The molecule has 0 radical (unpaired) electrons. The Morgan fingerprint density at radius 1 is 1.15 bits per heavy atom. The van der Waals surface area contributed by atoms with Gasteiger partial charge >= 0.3 is 0 Å². The number of hydrogen-bond acceptors (Lipinski definition) is 1. The molecular weight excluding hydrogens is 158 g/mol. The smallest absolute Gasteiger partial charge is 0.0988 e. The second-order valence-corrected chi connectivity index (χ2v) is 3.01. The van der Waals surface area contributed by atoms with Gasteiger partial charge in [0.1, 0.15) is 0 Å². The Kier molecular flexibility index (Phi) is 1.97. The van der Waals surface area contributed by atoms with Crippen LogP contribution in [0, 0.1) is 11.3 Å². The molecule has 0 atom stereocenters. The second-order valence-electron chi connectivity index (χ2n) is 3.01. The van der Waals surface area contributed by atoms with Crippen LogP contribution in [0.1, 0.15) is 11.1 Å². The number of nitriles is 1. The maximum absolute atomic E-state index is 8.73. The molecule has 0 bridgehead atoms. The van der Waals surface area contributed by atoms with E-state index >= 15 is 0 Å². The van der Waals surface area contributed by atoms with Crippen LogP contribution in [-0.4, -0.2) is 0 Å². The minimum absolute atomic E-state index is 0.746. The highest BCUT2D eigenvalue weighted by atomic mass is 14.2. The summed E-state index contributed by atoms with van der Waals surface area (Å²) in [6.07, 6.45) is 6.68. The van der Waals surface area contributed by atoms with Crippen molar-refractivity contribution in [3.63, 3.8) is 0 Å². The van der Waals surface area contributed by atoms with E-state index in [9.17, 15) is 0 Å². The second kappa shape index (κ2) is 3.28. The van der Waals surface area contributed by atoms with Crippen LogP contribution < -0.4 is 0 Å². The van der Waals surface area contributed by atoms with Crippen LogP contribution in [0.2, 0.25) is 0 Å². The summed E-state index contributed by atoms with van der Waals surface area (Å²) >= 11 is 0. The lowest BCUT2D eigenvalue weighted by Crippen LogP contribution is -1.83. The molecule has 1 aromatic carbocycles. The highest BCUT2D eigenvalue weighted by Crippen LogP contribution is 2.17. The fourth-order valence-corrected chi connectivity index (χ4v) is 1.43. The molecule has 0 amide bonds. The zero-order valence-corrected chi connectivity index (χ0v) is 7.20. The van der Waals surface area contributed by atoms with Gasteiger partial charge in [0.2, 0.25) is 0 Å². The zero-order valence-electron chi connectivity index (χ0n) is 7.20. The fourth-order valence-electron chi connectivity index (χ4n) is 1.43. The highest BCUT2D eigenvalue weighted by molar-refractivity contribution is 5.61. The monoisotopic (exact) mass is 167 g/mol. The Morgan fingerprint density at radius 3 is 2.85 bits per heavy atom. The van der Waals surface area contributed by atoms with Crippen LogP contribution >= 0.6 is 0 Å². The van der Waals surface area contributed by atoms with E-state index in [-0.39, 0.29) is 0 Å². The average Bonchev–Trinajstić information content (AvgIpc) is 2.39. The van der Waals surface area contributed by atoms with Crippen molar-refractivity contribution in [2.75, 3.05) is 0 Å². The van der Waals surface area contributed by atoms with Gasteiger partial charge in [-0.25, -0.2) is 0 Å². The molecule has 1 aliphatic rings. The summed E-state index contributed by atoms with van der Waals surface area (Å²) in [5.74, 6) is 0. The Morgan fingerprint density at radius 2 is 2.00 bits per heavy atom. The average molecular weight is 167 g/mol. The number of benzene rings is 1. The molecule has 0 aromatic heterocycles. The quantitative estimate of drug-likeness (QED) is 0.582. The molecule has 1 nitrogen and oxygen atoms in total. The molecule has 0 spiro atoms. The minimum Gasteiger partial charge on any atom is -0.192 e. The molecule has 2 rings (SSSR count). The van der Waals surface area contributed by atoms with E-state index in [0.717, 1.165) is 12.0 Å². The van der Waals surface area contributed by atoms with Crippen LogP contribution in [-0.2, 0) is 6.42 Å². The van der Waals surface area contributed by atoms with Gasteiger partial charge in [-0.05, 0) is 23.6 Å². The number of rotatable bonds is 0. The third kappa shape index (κ3) is 1.52. The molecule has 62 valence electrons. The summed E-state index contributed by atoms with van der Waals surface area (Å²) in [5, 5.41) is 8.73. The predicted molar refractivity (Wildman–Crippen MR) is 52.9 cm³/mol. The number of nitrogens with zero attached hydrogens (tertiary/aromatic N) is 1. The van der Waals surface area contributed by atoms with Crippen molar-refractivity contribution >= 4 is 6.08 Å². The first kappa shape index (κ1) is 7.82. The van der Waals surface area contributed by atoms with Gasteiger partial charge in [-0.3, -0.25) is 0 Å². The first-order valence-electron chi connectivity index (χ1n) is 4.26. The van der Waals surface area contributed by atoms with E-state index < -0.39 is 0 Å². The fraction of sp³-hybridized carbons (Fsp3) is 0.0833. The summed E-state index contributed by atoms with van der Waals surface area (Å²) in [6, 6.07) is 10.4. The third-order valence-electron chi connectivity index (χ3n) is 2.17. The van der Waals surface area contributed by atoms with Gasteiger partial charge in [-0.2, -0.15) is 5.26 Å². The normalized spacial score (nSPS) is 13.9. The van der Waals surface area contributed by atoms with Gasteiger partial charge in [0.05, 0.1) is 6.07 Å². The van der Waals surface area contributed by atoms with Gasteiger partial charge in [0.25, 0.3) is 0 Å². The SMILES string of the molecule is N#CC1=CCc2ccccc2C=C1. The Hall–Kier alpha value is -1.81. The topological polar surface area (TPSA) is 23.8 Å². The van der Waals surface area contributed by atoms with Gasteiger partial charge in [-0.15, -0.1) is 0 Å². The van der Waals surface area contributed by atoms with Crippen molar-refractivity contribution in [1.82, 2.24) is 0 Å². The molecule has 1 aromatic rings. The highest BCUT2D eigenvalue weighted by Gasteiger charge is 2.01. The molecule has 1 heteroatoms. The lowest BCUT2D eigenvalue weighted by molar-refractivity contribution is 1.26. The first-order valence-corrected chi connectivity index (χ1v) is 4.26. The van der Waals surface area contributed by atoms with Crippen LogP contribution in [0.25, 0.3) is 6.08 Å². The predicted octanol–water partition coefficient (Wildman–Crippen LogP) is 2.71. The molecule has 0 saturated heterocycles. The summed E-state index contributed by atoms with van der Waals surface area (Å²) < 4.78 is 0. The van der Waals surface area contributed by atoms with Crippen molar-refractivity contribution in [2.45, 2.75) is 6.42 Å². The van der Waals surface area contributed by atoms with Crippen LogP contribution in [0.5, 0.6) is 0 Å². The Labute approximate surface area is 77.6 Å². The minimum atomic E-state index is 0.746. The van der Waals surface area contributed by atoms with E-state index in [1.807, 2.05) is 30.4 Å². The van der Waals surface area contributed by atoms with Gasteiger partial charge in [-0.1, -0.05) is 36.4 Å². The van der Waals surface area contributed by atoms with Crippen molar-refractivity contribution in [3.05, 3.63) is 53.1 Å². The molecular formula is C12H9N. The standard InChI is InChI=1S/C12H9N/c13-9-10-5-7-11-3-1-2-4-12(11)8-6-10/h1-7H,8H2. The molecule has 1 aliphatic carbocycles. The summed E-state index contributed by atoms with van der Waals surface area (Å²) in [7, 11) is 0. The van der Waals surface area contributed by atoms with E-state index in [0.29, 0.717) is 0 Å². The Bertz CT molecular complexity index is 419. The third-order valence-corrected chi connectivity index (χ3v) is 2.17. The molecule has 0 unspecified atom stereocenters. The van der Waals surface area contributed by atoms with E-state index in [2.05, 4.69) is 18.2 Å². The summed E-state index contributed by atoms with van der Waals surface area (Å²) in [5.41, 5.74) is 3.24. The number of allylic oxidation sites excluding steroid dienone is 3. The van der Waals surface area contributed by atoms with Crippen molar-refractivity contribution in [2.24, 2.45) is 0 Å². The van der Waals surface area contributed by atoms with E-state index in [4.69, 9.17) is 5.26 Å². The molecule has 0 heterocycles. The van der Waals surface area contributed by atoms with E-state index in [1.165, 1.54) is 11.1 Å². The van der Waals surface area contributed by atoms with Crippen LogP contribution in [0.4, 0.5) is 0 Å². The van der Waals surface area contributed by atoms with Gasteiger partial charge < -0.3 is 0 Å². The molecule has 0 aliphatic heterocycles. The lowest BCUT2D eigenvalue weighted by Gasteiger charge is -1.99. The van der Waals surface area contributed by atoms with Crippen molar-refractivity contribution < 1.29 is 0 Å². The maximum Gasteiger partial charge on any atom is 0.0988 e. The van der Waals surface area contributed by atoms with Crippen LogP contribution in [0.15, 0.2) is 42.0 Å². The van der Waals surface area contributed by atoms with Crippen molar-refractivity contribution in [1.29, 1.82) is 5.26 Å². The first-order chi connectivity index (χ1) is 6.40. The molecule has 0 fully saturated rings. The van der Waals surface area contributed by atoms with Gasteiger partial charge in [0, 0.05) is 5.57 Å². The maximum atomic E-state index is 8.73. The number of hydrogen-bond donors (Lipinski definition) is 0. The summed E-state index contributed by atoms with van der Waals surface area (Å²) in [4.78, 5) is 0. The van der Waals surface area contributed by atoms with Gasteiger partial charge in [0.15, 0.2) is 0 Å². The zero-order chi connectivity index (χ0) is 9.10. The number of fused-ring (bicyclic) bond motifs is 1. The molecule has 0 N–H and O–H groups in total. The molecule has 13 heavy (non-hydrogen) atoms. The lowest BCUT2D eigenvalue weighted by atomic mass is 10.1. The molecule has 0 saturated carbocycles. The van der Waals surface area contributed by atoms with E-state index in [1.54, 1.807) is 0 Å².